The van der Waals surface area contributed by atoms with Crippen molar-refractivity contribution in [1.29, 1.82) is 0 Å². The van der Waals surface area contributed by atoms with E-state index in [1.165, 1.54) is 11.1 Å². The highest BCUT2D eigenvalue weighted by Crippen LogP contribution is 2.38. The van der Waals surface area contributed by atoms with Gasteiger partial charge < -0.3 is 4.90 Å². The number of para-hydroxylation sites is 1. The third-order valence-corrected chi connectivity index (χ3v) is 5.15. The molecule has 1 atom stereocenters. The van der Waals surface area contributed by atoms with Crippen LogP contribution in [0.15, 0.2) is 73.1 Å². The Morgan fingerprint density at radius 2 is 1.81 bits per heavy atom. The Hall–Kier alpha value is -2.94. The minimum atomic E-state index is 0.0396. The summed E-state index contributed by atoms with van der Waals surface area (Å²) in [4.78, 5) is 19.7. The highest BCUT2D eigenvalue weighted by atomic mass is 16.2. The van der Waals surface area contributed by atoms with Crippen LogP contribution in [0, 0.1) is 6.92 Å². The molecule has 0 bridgehead atoms. The first-order valence-corrected chi connectivity index (χ1v) is 9.13. The summed E-state index contributed by atoms with van der Waals surface area (Å²) in [5, 5.41) is 0. The van der Waals surface area contributed by atoms with Crippen molar-refractivity contribution in [1.82, 2.24) is 4.98 Å². The SMILES string of the molecule is Cc1cnccc1C(=O)N(c1ccccc1)C1CCCc2ccccc21. The Bertz CT molecular complexity index is 920. The maximum absolute atomic E-state index is 13.6. The molecule has 1 heterocycles. The standard InChI is InChI=1S/C23H22N2O/c1-17-16-24-15-14-20(17)23(26)25(19-10-3-2-4-11-19)22-13-7-9-18-8-5-6-12-21(18)22/h2-6,8,10-12,14-16,22H,7,9,13H2,1H3. The van der Waals surface area contributed by atoms with Crippen molar-refractivity contribution in [2.45, 2.75) is 32.2 Å². The number of aromatic nitrogens is 1. The molecule has 4 rings (SSSR count). The van der Waals surface area contributed by atoms with Crippen LogP contribution in [0.4, 0.5) is 5.69 Å². The number of benzene rings is 2. The summed E-state index contributed by atoms with van der Waals surface area (Å²) in [7, 11) is 0. The lowest BCUT2D eigenvalue weighted by Crippen LogP contribution is -2.37. The molecule has 1 unspecified atom stereocenters. The number of hydrogen-bond donors (Lipinski definition) is 0. The number of carbonyl (C=O) groups is 1. The molecule has 0 radical (unpaired) electrons. The van der Waals surface area contributed by atoms with E-state index in [-0.39, 0.29) is 11.9 Å². The molecule has 130 valence electrons. The van der Waals surface area contributed by atoms with Gasteiger partial charge in [0.1, 0.15) is 0 Å². The van der Waals surface area contributed by atoms with Crippen LogP contribution >= 0.6 is 0 Å². The molecular formula is C23H22N2O. The van der Waals surface area contributed by atoms with Crippen LogP contribution in [0.3, 0.4) is 0 Å². The number of nitrogens with zero attached hydrogens (tertiary/aromatic N) is 2. The van der Waals surface area contributed by atoms with Gasteiger partial charge in [-0.25, -0.2) is 0 Å². The molecule has 3 aromatic rings. The van der Waals surface area contributed by atoms with E-state index in [4.69, 9.17) is 0 Å². The van der Waals surface area contributed by atoms with Gasteiger partial charge in [-0.2, -0.15) is 0 Å². The molecule has 0 fully saturated rings. The van der Waals surface area contributed by atoms with Crippen molar-refractivity contribution < 1.29 is 4.79 Å². The monoisotopic (exact) mass is 342 g/mol. The molecule has 0 saturated carbocycles. The molecule has 2 aromatic carbocycles. The Morgan fingerprint density at radius 3 is 2.62 bits per heavy atom. The second-order valence-electron chi connectivity index (χ2n) is 6.81. The van der Waals surface area contributed by atoms with Crippen molar-refractivity contribution >= 4 is 11.6 Å². The lowest BCUT2D eigenvalue weighted by Gasteiger charge is -2.36. The Morgan fingerprint density at radius 1 is 1.04 bits per heavy atom. The van der Waals surface area contributed by atoms with Gasteiger partial charge in [-0.3, -0.25) is 9.78 Å². The maximum atomic E-state index is 13.6. The quantitative estimate of drug-likeness (QED) is 0.662. The number of rotatable bonds is 3. The van der Waals surface area contributed by atoms with Crippen LogP contribution < -0.4 is 4.90 Å². The third-order valence-electron chi connectivity index (χ3n) is 5.15. The molecule has 1 aliphatic rings. The molecule has 26 heavy (non-hydrogen) atoms. The molecule has 0 aliphatic heterocycles. The predicted molar refractivity (Wildman–Crippen MR) is 104 cm³/mol. The van der Waals surface area contributed by atoms with Gasteiger partial charge in [0.15, 0.2) is 0 Å². The number of hydrogen-bond acceptors (Lipinski definition) is 2. The number of aryl methyl sites for hydroxylation is 2. The average Bonchev–Trinajstić information content (AvgIpc) is 2.69. The number of fused-ring (bicyclic) bond motifs is 1. The van der Waals surface area contributed by atoms with E-state index in [0.717, 1.165) is 30.5 Å². The normalized spacial score (nSPS) is 16.0. The van der Waals surface area contributed by atoms with Crippen LogP contribution in [0.1, 0.15) is 45.9 Å². The zero-order valence-corrected chi connectivity index (χ0v) is 14.9. The van der Waals surface area contributed by atoms with Crippen molar-refractivity contribution in [2.75, 3.05) is 4.90 Å². The molecule has 1 aromatic heterocycles. The number of anilines is 1. The minimum absolute atomic E-state index is 0.0396. The number of pyridine rings is 1. The Balaban J connectivity index is 1.83. The first-order chi connectivity index (χ1) is 12.8. The summed E-state index contributed by atoms with van der Waals surface area (Å²) in [5.74, 6) is 0.0396. The predicted octanol–water partition coefficient (Wildman–Crippen LogP) is 5.11. The zero-order valence-electron chi connectivity index (χ0n) is 14.9. The first-order valence-electron chi connectivity index (χ1n) is 9.13. The lowest BCUT2D eigenvalue weighted by atomic mass is 9.86. The van der Waals surface area contributed by atoms with E-state index in [1.807, 2.05) is 48.2 Å². The molecule has 3 nitrogen and oxygen atoms in total. The fourth-order valence-corrected chi connectivity index (χ4v) is 3.87. The molecule has 0 saturated heterocycles. The summed E-state index contributed by atoms with van der Waals surface area (Å²) in [6.45, 7) is 1.94. The fourth-order valence-electron chi connectivity index (χ4n) is 3.87. The van der Waals surface area contributed by atoms with E-state index in [1.54, 1.807) is 12.4 Å². The van der Waals surface area contributed by atoms with Crippen molar-refractivity contribution in [3.63, 3.8) is 0 Å². The van der Waals surface area contributed by atoms with Crippen LogP contribution in [-0.2, 0) is 6.42 Å². The van der Waals surface area contributed by atoms with Crippen LogP contribution in [0.25, 0.3) is 0 Å². The van der Waals surface area contributed by atoms with E-state index in [2.05, 4.69) is 29.2 Å². The van der Waals surface area contributed by atoms with E-state index < -0.39 is 0 Å². The van der Waals surface area contributed by atoms with Crippen LogP contribution in [0.5, 0.6) is 0 Å². The van der Waals surface area contributed by atoms with E-state index in [0.29, 0.717) is 5.56 Å². The van der Waals surface area contributed by atoms with Crippen molar-refractivity contribution in [3.8, 4) is 0 Å². The molecule has 1 aliphatic carbocycles. The second-order valence-corrected chi connectivity index (χ2v) is 6.81. The van der Waals surface area contributed by atoms with Gasteiger partial charge in [0.2, 0.25) is 0 Å². The van der Waals surface area contributed by atoms with Crippen LogP contribution in [-0.4, -0.2) is 10.9 Å². The van der Waals surface area contributed by atoms with Gasteiger partial charge in [0.05, 0.1) is 6.04 Å². The molecule has 1 amide bonds. The van der Waals surface area contributed by atoms with Crippen molar-refractivity contribution in [2.24, 2.45) is 0 Å². The summed E-state index contributed by atoms with van der Waals surface area (Å²) in [6.07, 6.45) is 6.59. The summed E-state index contributed by atoms with van der Waals surface area (Å²) < 4.78 is 0. The van der Waals surface area contributed by atoms with Gasteiger partial charge >= 0.3 is 0 Å². The first kappa shape index (κ1) is 16.5. The minimum Gasteiger partial charge on any atom is -0.301 e. The highest BCUT2D eigenvalue weighted by Gasteiger charge is 2.31. The van der Waals surface area contributed by atoms with E-state index >= 15 is 0 Å². The van der Waals surface area contributed by atoms with Gasteiger partial charge in [0.25, 0.3) is 5.91 Å². The summed E-state index contributed by atoms with van der Waals surface area (Å²) in [5.41, 5.74) is 5.18. The maximum Gasteiger partial charge on any atom is 0.259 e. The molecule has 0 spiro atoms. The van der Waals surface area contributed by atoms with Gasteiger partial charge in [-0.15, -0.1) is 0 Å². The van der Waals surface area contributed by atoms with Gasteiger partial charge in [-0.05, 0) is 61.1 Å². The Labute approximate surface area is 154 Å². The summed E-state index contributed by atoms with van der Waals surface area (Å²) >= 11 is 0. The van der Waals surface area contributed by atoms with Crippen molar-refractivity contribution in [3.05, 3.63) is 95.3 Å². The average molecular weight is 342 g/mol. The Kier molecular flexibility index (Phi) is 4.53. The van der Waals surface area contributed by atoms with Crippen LogP contribution in [0.2, 0.25) is 0 Å². The topological polar surface area (TPSA) is 33.2 Å². The van der Waals surface area contributed by atoms with E-state index in [9.17, 15) is 4.79 Å². The fraction of sp³-hybridized carbons (Fsp3) is 0.217. The third kappa shape index (κ3) is 3.01. The number of carbonyl (C=O) groups excluding carboxylic acids is 1. The summed E-state index contributed by atoms with van der Waals surface area (Å²) in [6, 6.07) is 20.4. The number of amides is 1. The molecule has 3 heteroatoms. The highest BCUT2D eigenvalue weighted by molar-refractivity contribution is 6.07. The second kappa shape index (κ2) is 7.12. The molecule has 0 N–H and O–H groups in total. The smallest absolute Gasteiger partial charge is 0.259 e. The molecular weight excluding hydrogens is 320 g/mol. The lowest BCUT2D eigenvalue weighted by molar-refractivity contribution is 0.0973. The van der Waals surface area contributed by atoms with Gasteiger partial charge in [0, 0.05) is 23.6 Å². The zero-order chi connectivity index (χ0) is 17.9. The van der Waals surface area contributed by atoms with Gasteiger partial charge in [-0.1, -0.05) is 42.5 Å². The largest absolute Gasteiger partial charge is 0.301 e.